The highest BCUT2D eigenvalue weighted by atomic mass is 32.2. The van der Waals surface area contributed by atoms with Crippen LogP contribution in [0.5, 0.6) is 5.75 Å². The third kappa shape index (κ3) is 1.48. The van der Waals surface area contributed by atoms with Crippen LogP contribution < -0.4 is 10.5 Å². The van der Waals surface area contributed by atoms with Gasteiger partial charge in [0.2, 0.25) is 0 Å². The second-order valence-electron chi connectivity index (χ2n) is 2.93. The summed E-state index contributed by atoms with van der Waals surface area (Å²) in [7, 11) is 0.691. The first-order chi connectivity index (χ1) is 6.72. The van der Waals surface area contributed by atoms with Gasteiger partial charge in [-0.25, -0.2) is 0 Å². The van der Waals surface area contributed by atoms with Crippen molar-refractivity contribution in [3.05, 3.63) is 34.7 Å². The van der Waals surface area contributed by atoms with E-state index in [4.69, 9.17) is 10.5 Å². The molecule has 1 atom stereocenters. The van der Waals surface area contributed by atoms with E-state index in [-0.39, 0.29) is 0 Å². The number of benzene rings is 1. The van der Waals surface area contributed by atoms with Gasteiger partial charge in [-0.3, -0.25) is 5.73 Å². The summed E-state index contributed by atoms with van der Waals surface area (Å²) >= 11 is 0. The molecule has 0 aliphatic carbocycles. The monoisotopic (exact) mass is 209 g/mol. The first-order valence-corrected chi connectivity index (χ1v) is 5.38. The molecule has 3 nitrogen and oxygen atoms in total. The minimum Gasteiger partial charge on any atom is -0.497 e. The zero-order valence-corrected chi connectivity index (χ0v) is 8.54. The van der Waals surface area contributed by atoms with Gasteiger partial charge in [-0.05, 0) is 46.0 Å². The molecule has 1 aliphatic heterocycles. The van der Waals surface area contributed by atoms with Crippen LogP contribution in [0, 0.1) is 0 Å². The molecular weight excluding hydrogens is 198 g/mol. The van der Waals surface area contributed by atoms with E-state index in [1.165, 1.54) is 0 Å². The Labute approximate surface area is 84.9 Å². The van der Waals surface area contributed by atoms with Crippen molar-refractivity contribution in [2.45, 2.75) is 0 Å². The number of rotatable bonds is 1. The molecule has 0 radical (unpaired) electrons. The van der Waals surface area contributed by atoms with Gasteiger partial charge in [0.05, 0.1) is 12.1 Å². The molecule has 0 amide bonds. The van der Waals surface area contributed by atoms with E-state index in [9.17, 15) is 4.55 Å². The highest BCUT2D eigenvalue weighted by molar-refractivity contribution is 8.14. The Balaban J connectivity index is 2.57. The molecule has 1 unspecified atom stereocenters. The Morgan fingerprint density at radius 3 is 2.93 bits per heavy atom. The van der Waals surface area contributed by atoms with Crippen LogP contribution in [-0.2, 0) is 0 Å². The Morgan fingerprint density at radius 1 is 1.43 bits per heavy atom. The predicted molar refractivity (Wildman–Crippen MR) is 60.5 cm³/mol. The second-order valence-corrected chi connectivity index (χ2v) is 4.28. The molecule has 2 rings (SSSR count). The average Bonchev–Trinajstić information content (AvgIpc) is 2.23. The molecular formula is C10H11NO2S. The number of hydrogen-bond donors (Lipinski definition) is 2. The van der Waals surface area contributed by atoms with Crippen molar-refractivity contribution in [3.63, 3.8) is 0 Å². The van der Waals surface area contributed by atoms with Crippen molar-refractivity contribution in [2.75, 3.05) is 7.11 Å². The summed E-state index contributed by atoms with van der Waals surface area (Å²) in [5.74, 6) is 0.793. The van der Waals surface area contributed by atoms with Crippen LogP contribution in [-0.4, -0.2) is 16.7 Å². The lowest BCUT2D eigenvalue weighted by Gasteiger charge is -2.13. The summed E-state index contributed by atoms with van der Waals surface area (Å²) in [4.78, 5) is 0.519. The van der Waals surface area contributed by atoms with Crippen molar-refractivity contribution in [1.82, 2.24) is 0 Å². The minimum atomic E-state index is -0.932. The Bertz CT molecular complexity index is 438. The smallest absolute Gasteiger partial charge is 0.119 e. The van der Waals surface area contributed by atoms with Gasteiger partial charge in [0.25, 0.3) is 0 Å². The van der Waals surface area contributed by atoms with Crippen molar-refractivity contribution >= 4 is 21.8 Å². The molecule has 74 valence electrons. The van der Waals surface area contributed by atoms with Crippen LogP contribution in [0.1, 0.15) is 11.1 Å². The average molecular weight is 209 g/mol. The SMILES string of the molecule is COc1ccc2c(c1)C=CS(O)=C2N. The van der Waals surface area contributed by atoms with Crippen LogP contribution in [0.3, 0.4) is 0 Å². The van der Waals surface area contributed by atoms with Gasteiger partial charge in [0.1, 0.15) is 5.75 Å². The number of methoxy groups -OCH3 is 1. The maximum absolute atomic E-state index is 9.50. The molecule has 3 N–H and O–H groups in total. The van der Waals surface area contributed by atoms with E-state index in [1.807, 2.05) is 24.3 Å². The van der Waals surface area contributed by atoms with Gasteiger partial charge in [0.15, 0.2) is 0 Å². The van der Waals surface area contributed by atoms with Crippen molar-refractivity contribution in [1.29, 1.82) is 0 Å². The van der Waals surface area contributed by atoms with Crippen LogP contribution in [0.4, 0.5) is 0 Å². The van der Waals surface area contributed by atoms with Crippen molar-refractivity contribution < 1.29 is 9.29 Å². The van der Waals surface area contributed by atoms with Crippen molar-refractivity contribution in [3.8, 4) is 5.75 Å². The fourth-order valence-corrected chi connectivity index (χ4v) is 2.19. The lowest BCUT2D eigenvalue weighted by Crippen LogP contribution is -2.16. The Hall–Kier alpha value is -1.10. The molecule has 0 bridgehead atoms. The van der Waals surface area contributed by atoms with Crippen molar-refractivity contribution in [2.24, 2.45) is 5.73 Å². The molecule has 14 heavy (non-hydrogen) atoms. The first kappa shape index (κ1) is 9.45. The van der Waals surface area contributed by atoms with E-state index in [0.717, 1.165) is 16.9 Å². The van der Waals surface area contributed by atoms with Gasteiger partial charge >= 0.3 is 0 Å². The molecule has 0 saturated heterocycles. The lowest BCUT2D eigenvalue weighted by atomic mass is 10.1. The third-order valence-electron chi connectivity index (χ3n) is 2.13. The topological polar surface area (TPSA) is 55.5 Å². The Kier molecular flexibility index (Phi) is 2.41. The minimum absolute atomic E-state index is 0.519. The van der Waals surface area contributed by atoms with Gasteiger partial charge in [0, 0.05) is 5.56 Å². The Morgan fingerprint density at radius 2 is 2.21 bits per heavy atom. The van der Waals surface area contributed by atoms with Crippen LogP contribution >= 0.6 is 10.8 Å². The first-order valence-electron chi connectivity index (χ1n) is 4.13. The molecule has 0 saturated carbocycles. The summed E-state index contributed by atoms with van der Waals surface area (Å²) < 4.78 is 14.6. The summed E-state index contributed by atoms with van der Waals surface area (Å²) in [5, 5.41) is 1.69. The molecule has 1 aromatic rings. The molecule has 0 fully saturated rings. The number of nitrogens with two attached hydrogens (primary N) is 1. The molecule has 0 aromatic heterocycles. The van der Waals surface area contributed by atoms with Gasteiger partial charge < -0.3 is 9.29 Å². The van der Waals surface area contributed by atoms with Crippen LogP contribution in [0.2, 0.25) is 0 Å². The van der Waals surface area contributed by atoms with E-state index in [1.54, 1.807) is 12.5 Å². The molecule has 1 heterocycles. The molecule has 1 aromatic carbocycles. The zero-order chi connectivity index (χ0) is 10.1. The molecule has 4 heteroatoms. The zero-order valence-electron chi connectivity index (χ0n) is 7.73. The number of ether oxygens (including phenoxy) is 1. The van der Waals surface area contributed by atoms with Crippen LogP contribution in [0.25, 0.3) is 6.08 Å². The largest absolute Gasteiger partial charge is 0.497 e. The van der Waals surface area contributed by atoms with E-state index >= 15 is 0 Å². The maximum Gasteiger partial charge on any atom is 0.119 e. The second kappa shape index (κ2) is 3.57. The van der Waals surface area contributed by atoms with E-state index < -0.39 is 10.8 Å². The summed E-state index contributed by atoms with van der Waals surface area (Å²) in [6.45, 7) is 0. The highest BCUT2D eigenvalue weighted by Crippen LogP contribution is 2.27. The standard InChI is InChI=1S/C10H11NO2S/c1-13-8-2-3-9-7(6-8)4-5-14(12)10(9)11/h2-6,12H,11H2,1H3. The number of fused-ring (bicyclic) bond motifs is 1. The van der Waals surface area contributed by atoms with Gasteiger partial charge in [-0.2, -0.15) is 0 Å². The fraction of sp³-hybridized carbons (Fsp3) is 0.100. The fourth-order valence-electron chi connectivity index (χ4n) is 1.35. The third-order valence-corrected chi connectivity index (χ3v) is 3.19. The maximum atomic E-state index is 9.50. The van der Waals surface area contributed by atoms with E-state index in [2.05, 4.69) is 0 Å². The normalized spacial score (nSPS) is 19.4. The summed E-state index contributed by atoms with van der Waals surface area (Å²) in [6.07, 6.45) is 1.86. The number of hydrogen-bond acceptors (Lipinski definition) is 3. The molecule has 0 spiro atoms. The molecule has 1 aliphatic rings. The van der Waals surface area contributed by atoms with Gasteiger partial charge in [-0.15, -0.1) is 0 Å². The highest BCUT2D eigenvalue weighted by Gasteiger charge is 2.10. The lowest BCUT2D eigenvalue weighted by molar-refractivity contribution is 0.414. The quantitative estimate of drug-likeness (QED) is 0.694. The van der Waals surface area contributed by atoms with E-state index in [0.29, 0.717) is 4.99 Å². The van der Waals surface area contributed by atoms with Gasteiger partial charge in [-0.1, -0.05) is 0 Å². The predicted octanol–water partition coefficient (Wildman–Crippen LogP) is 1.86. The van der Waals surface area contributed by atoms with Crippen LogP contribution in [0.15, 0.2) is 23.6 Å². The summed E-state index contributed by atoms with van der Waals surface area (Å²) in [6, 6.07) is 5.60. The summed E-state index contributed by atoms with van der Waals surface area (Å²) in [5.41, 5.74) is 7.64.